The maximum atomic E-state index is 12.1. The molecule has 1 amide bonds. The highest BCUT2D eigenvalue weighted by atomic mass is 35.5. The fourth-order valence-corrected chi connectivity index (χ4v) is 3.21. The van der Waals surface area contributed by atoms with Gasteiger partial charge in [-0.15, -0.1) is 23.4 Å². The molecule has 0 aliphatic carbocycles. The minimum atomic E-state index is 0.217. The summed E-state index contributed by atoms with van der Waals surface area (Å²) in [7, 11) is 0. The van der Waals surface area contributed by atoms with Crippen LogP contribution < -0.4 is 0 Å². The first-order valence-electron chi connectivity index (χ1n) is 5.76. The van der Waals surface area contributed by atoms with Gasteiger partial charge < -0.3 is 4.90 Å². The Morgan fingerprint density at radius 3 is 2.87 bits per heavy atom. The third kappa shape index (κ3) is 4.23. The third-order valence-electron chi connectivity index (χ3n) is 2.71. The Labute approximate surface area is 102 Å². The number of carbonyl (C=O) groups is 1. The summed E-state index contributed by atoms with van der Waals surface area (Å²) < 4.78 is 0. The first-order valence-corrected chi connectivity index (χ1v) is 7.34. The Morgan fingerprint density at radius 2 is 2.33 bits per heavy atom. The summed E-state index contributed by atoms with van der Waals surface area (Å²) in [6, 6.07) is 0. The molecular weight excluding hydrogens is 230 g/mol. The Balaban J connectivity index is 2.40. The maximum Gasteiger partial charge on any atom is 0.235 e. The average Bonchev–Trinajstić information content (AvgIpc) is 2.31. The first-order chi connectivity index (χ1) is 7.29. The minimum absolute atomic E-state index is 0.217. The molecule has 1 unspecified atom stereocenters. The molecule has 1 aliphatic rings. The Bertz CT molecular complexity index is 195. The van der Waals surface area contributed by atoms with Gasteiger partial charge in [0.2, 0.25) is 5.91 Å². The molecule has 0 saturated carbocycles. The lowest BCUT2D eigenvalue weighted by Crippen LogP contribution is -2.39. The fraction of sp³-hybridized carbons (Fsp3) is 0.909. The summed E-state index contributed by atoms with van der Waals surface area (Å²) in [5.41, 5.74) is 0. The van der Waals surface area contributed by atoms with E-state index in [-0.39, 0.29) is 5.25 Å². The van der Waals surface area contributed by atoms with Gasteiger partial charge >= 0.3 is 0 Å². The predicted octanol–water partition coefficient (Wildman–Crippen LogP) is 2.75. The highest BCUT2D eigenvalue weighted by Crippen LogP contribution is 2.26. The van der Waals surface area contributed by atoms with E-state index < -0.39 is 0 Å². The highest BCUT2D eigenvalue weighted by Gasteiger charge is 2.25. The standard InChI is InChI=1S/C11H20ClNOS/c1-2-13(8-5-7-12)11(14)10-6-3-4-9-15-10/h10H,2-9H2,1H3. The summed E-state index contributed by atoms with van der Waals surface area (Å²) in [6.07, 6.45) is 4.43. The van der Waals surface area contributed by atoms with Crippen LogP contribution in [0.2, 0.25) is 0 Å². The quantitative estimate of drug-likeness (QED) is 0.699. The lowest BCUT2D eigenvalue weighted by Gasteiger charge is -2.28. The van der Waals surface area contributed by atoms with Crippen molar-refractivity contribution >= 4 is 29.3 Å². The molecule has 0 radical (unpaired) electrons. The molecule has 0 N–H and O–H groups in total. The number of amides is 1. The van der Waals surface area contributed by atoms with Gasteiger partial charge in [0.25, 0.3) is 0 Å². The van der Waals surface area contributed by atoms with Gasteiger partial charge in [-0.25, -0.2) is 0 Å². The second kappa shape index (κ2) is 7.39. The summed E-state index contributed by atoms with van der Waals surface area (Å²) in [4.78, 5) is 14.0. The van der Waals surface area contributed by atoms with Crippen molar-refractivity contribution in [3.05, 3.63) is 0 Å². The van der Waals surface area contributed by atoms with E-state index in [1.54, 1.807) is 0 Å². The van der Waals surface area contributed by atoms with Crippen molar-refractivity contribution in [2.45, 2.75) is 37.9 Å². The molecule has 1 fully saturated rings. The molecule has 1 heterocycles. The molecule has 1 aliphatic heterocycles. The normalized spacial score (nSPS) is 21.3. The van der Waals surface area contributed by atoms with Gasteiger partial charge in [-0.05, 0) is 31.9 Å². The summed E-state index contributed by atoms with van der Waals surface area (Å²) in [5, 5.41) is 0.217. The van der Waals surface area contributed by atoms with Gasteiger partial charge in [0, 0.05) is 19.0 Å². The van der Waals surface area contributed by atoms with Gasteiger partial charge in [0.15, 0.2) is 0 Å². The Morgan fingerprint density at radius 1 is 1.53 bits per heavy atom. The first kappa shape index (κ1) is 13.2. The van der Waals surface area contributed by atoms with Crippen LogP contribution in [0.3, 0.4) is 0 Å². The fourth-order valence-electron chi connectivity index (χ4n) is 1.81. The number of halogens is 1. The van der Waals surface area contributed by atoms with E-state index >= 15 is 0 Å². The molecule has 1 atom stereocenters. The lowest BCUT2D eigenvalue weighted by atomic mass is 10.1. The number of thioether (sulfide) groups is 1. The van der Waals surface area contributed by atoms with Gasteiger partial charge in [-0.2, -0.15) is 0 Å². The topological polar surface area (TPSA) is 20.3 Å². The van der Waals surface area contributed by atoms with Crippen LogP contribution in [0.15, 0.2) is 0 Å². The van der Waals surface area contributed by atoms with Crippen molar-refractivity contribution in [1.82, 2.24) is 4.90 Å². The second-order valence-corrected chi connectivity index (χ2v) is 5.50. The Hall–Kier alpha value is 0.110. The van der Waals surface area contributed by atoms with Gasteiger partial charge in [0.05, 0.1) is 5.25 Å². The van der Waals surface area contributed by atoms with Crippen molar-refractivity contribution < 1.29 is 4.79 Å². The predicted molar refractivity (Wildman–Crippen MR) is 67.7 cm³/mol. The number of rotatable bonds is 5. The number of carbonyl (C=O) groups excluding carboxylic acids is 1. The van der Waals surface area contributed by atoms with E-state index in [0.717, 1.165) is 31.7 Å². The van der Waals surface area contributed by atoms with E-state index in [4.69, 9.17) is 11.6 Å². The van der Waals surface area contributed by atoms with Gasteiger partial charge in [-0.1, -0.05) is 6.42 Å². The van der Waals surface area contributed by atoms with E-state index in [1.807, 2.05) is 23.6 Å². The van der Waals surface area contributed by atoms with E-state index in [1.165, 1.54) is 12.8 Å². The minimum Gasteiger partial charge on any atom is -0.342 e. The highest BCUT2D eigenvalue weighted by molar-refractivity contribution is 8.00. The maximum absolute atomic E-state index is 12.1. The van der Waals surface area contributed by atoms with Crippen molar-refractivity contribution in [2.75, 3.05) is 24.7 Å². The van der Waals surface area contributed by atoms with Crippen LogP contribution in [0, 0.1) is 0 Å². The number of hydrogen-bond acceptors (Lipinski definition) is 2. The molecule has 15 heavy (non-hydrogen) atoms. The molecular formula is C11H20ClNOS. The third-order valence-corrected chi connectivity index (χ3v) is 4.34. The summed E-state index contributed by atoms with van der Waals surface area (Å²) in [5.74, 6) is 2.11. The monoisotopic (exact) mass is 249 g/mol. The van der Waals surface area contributed by atoms with Crippen LogP contribution >= 0.6 is 23.4 Å². The largest absolute Gasteiger partial charge is 0.342 e. The number of hydrogen-bond donors (Lipinski definition) is 0. The van der Waals surface area contributed by atoms with Crippen LogP contribution in [-0.2, 0) is 4.79 Å². The van der Waals surface area contributed by atoms with E-state index in [2.05, 4.69) is 0 Å². The molecule has 1 saturated heterocycles. The van der Waals surface area contributed by atoms with Crippen LogP contribution in [-0.4, -0.2) is 40.8 Å². The molecule has 0 spiro atoms. The van der Waals surface area contributed by atoms with Crippen molar-refractivity contribution in [1.29, 1.82) is 0 Å². The zero-order valence-electron chi connectivity index (χ0n) is 9.38. The van der Waals surface area contributed by atoms with Crippen LogP contribution in [0.5, 0.6) is 0 Å². The number of alkyl halides is 1. The molecule has 88 valence electrons. The van der Waals surface area contributed by atoms with Crippen molar-refractivity contribution in [2.24, 2.45) is 0 Å². The second-order valence-electron chi connectivity index (χ2n) is 3.82. The van der Waals surface area contributed by atoms with Crippen LogP contribution in [0.1, 0.15) is 32.6 Å². The van der Waals surface area contributed by atoms with Crippen molar-refractivity contribution in [3.63, 3.8) is 0 Å². The van der Waals surface area contributed by atoms with E-state index in [0.29, 0.717) is 11.8 Å². The van der Waals surface area contributed by atoms with E-state index in [9.17, 15) is 4.79 Å². The molecule has 0 aromatic rings. The van der Waals surface area contributed by atoms with Gasteiger partial charge in [-0.3, -0.25) is 4.79 Å². The lowest BCUT2D eigenvalue weighted by molar-refractivity contribution is -0.130. The van der Waals surface area contributed by atoms with Crippen LogP contribution in [0.4, 0.5) is 0 Å². The Kier molecular flexibility index (Phi) is 6.50. The van der Waals surface area contributed by atoms with Crippen LogP contribution in [0.25, 0.3) is 0 Å². The molecule has 4 heteroatoms. The average molecular weight is 250 g/mol. The molecule has 1 rings (SSSR count). The summed E-state index contributed by atoms with van der Waals surface area (Å²) >= 11 is 7.47. The van der Waals surface area contributed by atoms with Crippen molar-refractivity contribution in [3.8, 4) is 0 Å². The zero-order valence-corrected chi connectivity index (χ0v) is 10.9. The summed E-state index contributed by atoms with van der Waals surface area (Å²) in [6.45, 7) is 3.67. The zero-order chi connectivity index (χ0) is 11.1. The molecule has 0 aromatic carbocycles. The molecule has 0 aromatic heterocycles. The molecule has 0 bridgehead atoms. The SMILES string of the molecule is CCN(CCCCl)C(=O)C1CCCCS1. The molecule has 2 nitrogen and oxygen atoms in total. The van der Waals surface area contributed by atoms with Gasteiger partial charge in [0.1, 0.15) is 0 Å². The smallest absolute Gasteiger partial charge is 0.235 e. The number of nitrogens with zero attached hydrogens (tertiary/aromatic N) is 1.